The molecule has 0 saturated carbocycles. The lowest BCUT2D eigenvalue weighted by Crippen LogP contribution is -2.38. The molecule has 0 fully saturated rings. The van der Waals surface area contributed by atoms with Gasteiger partial charge in [0.05, 0.1) is 7.11 Å². The number of pyridine rings is 1. The van der Waals surface area contributed by atoms with E-state index in [0.717, 1.165) is 28.5 Å². The summed E-state index contributed by atoms with van der Waals surface area (Å²) in [5.41, 5.74) is 2.45. The first-order valence-corrected chi connectivity index (χ1v) is 10.9. The summed E-state index contributed by atoms with van der Waals surface area (Å²) in [5, 5.41) is 6.15. The smallest absolute Gasteiger partial charge is 0.433 e. The number of likely N-dealkylation sites (N-methyl/N-ethyl adjacent to an activating group) is 1. The summed E-state index contributed by atoms with van der Waals surface area (Å²) in [6.45, 7) is 1.94. The first-order chi connectivity index (χ1) is 16.2. The highest BCUT2D eigenvalue weighted by Crippen LogP contribution is 2.30. The number of ether oxygens (including phenoxy) is 1. The SMILES string of the molecule is CNC(=O)[C@H](N[C@H](CCc1ccc(C(F)(F)F)nc1)c1ccc(C)c(OC)c1)c1ccccc1. The highest BCUT2D eigenvalue weighted by atomic mass is 19.4. The maximum atomic E-state index is 12.9. The molecule has 0 bridgehead atoms. The Hall–Kier alpha value is -3.39. The number of alkyl halides is 3. The summed E-state index contributed by atoms with van der Waals surface area (Å²) in [6.07, 6.45) is -2.23. The molecule has 1 heterocycles. The molecular formula is C26H28F3N3O2. The number of carbonyl (C=O) groups is 1. The summed E-state index contributed by atoms with van der Waals surface area (Å²) < 4.78 is 44.0. The van der Waals surface area contributed by atoms with E-state index < -0.39 is 17.9 Å². The van der Waals surface area contributed by atoms with E-state index in [1.165, 1.54) is 12.3 Å². The first-order valence-electron chi connectivity index (χ1n) is 10.9. The van der Waals surface area contributed by atoms with E-state index >= 15 is 0 Å². The second kappa shape index (κ2) is 11.2. The topological polar surface area (TPSA) is 63.2 Å². The third kappa shape index (κ3) is 6.35. The first kappa shape index (κ1) is 25.2. The number of benzene rings is 2. The quantitative estimate of drug-likeness (QED) is 0.452. The van der Waals surface area contributed by atoms with Crippen LogP contribution in [0.15, 0.2) is 66.9 Å². The second-order valence-electron chi connectivity index (χ2n) is 7.99. The van der Waals surface area contributed by atoms with Crippen LogP contribution in [0.5, 0.6) is 5.75 Å². The van der Waals surface area contributed by atoms with Crippen LogP contribution in [-0.2, 0) is 17.4 Å². The minimum atomic E-state index is -4.47. The number of nitrogens with zero attached hydrogens (tertiary/aromatic N) is 1. The molecule has 3 aromatic rings. The van der Waals surface area contributed by atoms with Gasteiger partial charge in [-0.05, 0) is 54.2 Å². The van der Waals surface area contributed by atoms with Crippen LogP contribution in [0.4, 0.5) is 13.2 Å². The van der Waals surface area contributed by atoms with Gasteiger partial charge < -0.3 is 10.1 Å². The van der Waals surface area contributed by atoms with E-state index in [1.807, 2.05) is 55.5 Å². The van der Waals surface area contributed by atoms with Crippen molar-refractivity contribution in [1.29, 1.82) is 0 Å². The van der Waals surface area contributed by atoms with Crippen molar-refractivity contribution < 1.29 is 22.7 Å². The Bertz CT molecular complexity index is 1090. The summed E-state index contributed by atoms with van der Waals surface area (Å²) >= 11 is 0. The highest BCUT2D eigenvalue weighted by Gasteiger charge is 2.32. The summed E-state index contributed by atoms with van der Waals surface area (Å²) in [5.74, 6) is 0.531. The molecule has 3 rings (SSSR count). The van der Waals surface area contributed by atoms with Crippen molar-refractivity contribution in [2.24, 2.45) is 0 Å². The monoisotopic (exact) mass is 471 g/mol. The Morgan fingerprint density at radius 3 is 2.38 bits per heavy atom. The van der Waals surface area contributed by atoms with Crippen molar-refractivity contribution in [3.8, 4) is 5.75 Å². The number of halogens is 3. The second-order valence-corrected chi connectivity index (χ2v) is 7.99. The van der Waals surface area contributed by atoms with Crippen molar-refractivity contribution in [2.45, 2.75) is 38.0 Å². The van der Waals surface area contributed by atoms with Crippen molar-refractivity contribution >= 4 is 5.91 Å². The number of rotatable bonds is 9. The Labute approximate surface area is 197 Å². The number of nitrogens with one attached hydrogen (secondary N) is 2. The van der Waals surface area contributed by atoms with Crippen LogP contribution in [-0.4, -0.2) is 25.0 Å². The number of aryl methyl sites for hydroxylation is 2. The molecule has 2 N–H and O–H groups in total. The van der Waals surface area contributed by atoms with E-state index in [0.29, 0.717) is 18.4 Å². The van der Waals surface area contributed by atoms with Crippen molar-refractivity contribution in [1.82, 2.24) is 15.6 Å². The maximum Gasteiger partial charge on any atom is 0.433 e. The fourth-order valence-corrected chi connectivity index (χ4v) is 3.76. The van der Waals surface area contributed by atoms with Gasteiger partial charge in [0.1, 0.15) is 17.5 Å². The van der Waals surface area contributed by atoms with Crippen LogP contribution >= 0.6 is 0 Å². The number of hydrogen-bond donors (Lipinski definition) is 2. The normalized spacial score (nSPS) is 13.2. The molecule has 0 saturated heterocycles. The largest absolute Gasteiger partial charge is 0.496 e. The fraction of sp³-hybridized carbons (Fsp3) is 0.308. The van der Waals surface area contributed by atoms with Crippen LogP contribution < -0.4 is 15.4 Å². The van der Waals surface area contributed by atoms with Gasteiger partial charge in [-0.15, -0.1) is 0 Å². The van der Waals surface area contributed by atoms with Crippen LogP contribution in [0.3, 0.4) is 0 Å². The minimum absolute atomic E-state index is 0.188. The number of methoxy groups -OCH3 is 1. The van der Waals surface area contributed by atoms with E-state index in [9.17, 15) is 18.0 Å². The Morgan fingerprint density at radius 2 is 1.79 bits per heavy atom. The predicted molar refractivity (Wildman–Crippen MR) is 124 cm³/mol. The predicted octanol–water partition coefficient (Wildman–Crippen LogP) is 5.17. The molecule has 0 aliphatic rings. The van der Waals surface area contributed by atoms with Crippen LogP contribution in [0.1, 0.15) is 46.5 Å². The highest BCUT2D eigenvalue weighted by molar-refractivity contribution is 5.83. The average Bonchev–Trinajstić information content (AvgIpc) is 2.84. The van der Waals surface area contributed by atoms with Crippen LogP contribution in [0.25, 0.3) is 0 Å². The number of carbonyl (C=O) groups excluding carboxylic acids is 1. The van der Waals surface area contributed by atoms with Gasteiger partial charge in [0.15, 0.2) is 0 Å². The number of aromatic nitrogens is 1. The van der Waals surface area contributed by atoms with Gasteiger partial charge in [0, 0.05) is 19.3 Å². The van der Waals surface area contributed by atoms with Crippen molar-refractivity contribution in [3.05, 3.63) is 94.8 Å². The molecule has 5 nitrogen and oxygen atoms in total. The standard InChI is InChI=1S/C26H28F3N3O2/c1-17-9-12-20(15-22(17)34-3)21(13-10-18-11-14-23(31-16-18)26(27,28)29)32-24(25(33)30-2)19-7-5-4-6-8-19/h4-9,11-12,14-16,21,24,32H,10,13H2,1-3H3,(H,30,33)/t21-,24-/m1/s1. The van der Waals surface area contributed by atoms with Crippen LogP contribution in [0.2, 0.25) is 0 Å². The molecule has 0 aliphatic heterocycles. The molecule has 1 amide bonds. The van der Waals surface area contributed by atoms with Crippen LogP contribution in [0, 0.1) is 6.92 Å². The van der Waals surface area contributed by atoms with E-state index in [1.54, 1.807) is 14.2 Å². The Balaban J connectivity index is 1.89. The summed E-state index contributed by atoms with van der Waals surface area (Å²) in [4.78, 5) is 16.3. The molecule has 0 radical (unpaired) electrons. The lowest BCUT2D eigenvalue weighted by molar-refractivity contribution is -0.141. The lowest BCUT2D eigenvalue weighted by Gasteiger charge is -2.26. The molecule has 0 spiro atoms. The van der Waals surface area contributed by atoms with E-state index in [4.69, 9.17) is 4.74 Å². The van der Waals surface area contributed by atoms with Crippen molar-refractivity contribution in [2.75, 3.05) is 14.2 Å². The summed E-state index contributed by atoms with van der Waals surface area (Å²) in [6, 6.07) is 16.7. The lowest BCUT2D eigenvalue weighted by atomic mass is 9.95. The van der Waals surface area contributed by atoms with Crippen molar-refractivity contribution in [3.63, 3.8) is 0 Å². The van der Waals surface area contributed by atoms with E-state index in [-0.39, 0.29) is 11.9 Å². The van der Waals surface area contributed by atoms with Gasteiger partial charge in [0.2, 0.25) is 5.91 Å². The van der Waals surface area contributed by atoms with Gasteiger partial charge in [-0.1, -0.05) is 48.5 Å². The van der Waals surface area contributed by atoms with Gasteiger partial charge in [-0.25, -0.2) is 0 Å². The zero-order chi connectivity index (χ0) is 24.7. The molecule has 34 heavy (non-hydrogen) atoms. The molecule has 0 unspecified atom stereocenters. The van der Waals surface area contributed by atoms with Gasteiger partial charge in [-0.2, -0.15) is 13.2 Å². The zero-order valence-corrected chi connectivity index (χ0v) is 19.3. The molecule has 180 valence electrons. The van der Waals surface area contributed by atoms with Gasteiger partial charge >= 0.3 is 6.18 Å². The Kier molecular flexibility index (Phi) is 8.28. The van der Waals surface area contributed by atoms with E-state index in [2.05, 4.69) is 15.6 Å². The molecule has 0 aliphatic carbocycles. The zero-order valence-electron chi connectivity index (χ0n) is 19.3. The molecular weight excluding hydrogens is 443 g/mol. The average molecular weight is 472 g/mol. The minimum Gasteiger partial charge on any atom is -0.496 e. The molecule has 8 heteroatoms. The van der Waals surface area contributed by atoms with Gasteiger partial charge in [-0.3, -0.25) is 15.1 Å². The number of hydrogen-bond acceptors (Lipinski definition) is 4. The van der Waals surface area contributed by atoms with Gasteiger partial charge in [0.25, 0.3) is 0 Å². The molecule has 2 atom stereocenters. The molecule has 1 aromatic heterocycles. The molecule has 2 aromatic carbocycles. The maximum absolute atomic E-state index is 12.9. The summed E-state index contributed by atoms with van der Waals surface area (Å²) in [7, 11) is 3.18. The number of amides is 1. The Morgan fingerprint density at radius 1 is 1.06 bits per heavy atom. The third-order valence-corrected chi connectivity index (χ3v) is 5.68. The fourth-order valence-electron chi connectivity index (χ4n) is 3.76. The third-order valence-electron chi connectivity index (χ3n) is 5.68.